The zero-order valence-corrected chi connectivity index (χ0v) is 23.5. The highest BCUT2D eigenvalue weighted by Gasteiger charge is 2.34. The molecular weight excluding hydrogens is 494 g/mol. The smallest absolute Gasteiger partial charge is 0.410 e. The third kappa shape index (κ3) is 6.71. The Balaban J connectivity index is 1.57. The lowest BCUT2D eigenvalue weighted by molar-refractivity contribution is 0.00853. The van der Waals surface area contributed by atoms with Gasteiger partial charge in [0, 0.05) is 30.8 Å². The summed E-state index contributed by atoms with van der Waals surface area (Å²) in [7, 11) is 0. The Morgan fingerprint density at radius 2 is 1.82 bits per heavy atom. The number of hydrogen-bond acceptors (Lipinski definition) is 6. The number of imidazole rings is 1. The SMILES string of the molecule is CC(=O)c1[nH]c([C@@H]2CCCCN2C(=O)OC(C)(C)C)nc1-c1ccc(C(=O)Nc2cc(C(C)C)ccn2)cc1. The lowest BCUT2D eigenvalue weighted by Crippen LogP contribution is -2.42. The molecule has 1 aliphatic heterocycles. The van der Waals surface area contributed by atoms with E-state index in [-0.39, 0.29) is 17.7 Å². The predicted octanol–water partition coefficient (Wildman–Crippen LogP) is 6.51. The third-order valence-electron chi connectivity index (χ3n) is 6.63. The minimum atomic E-state index is -0.612. The van der Waals surface area contributed by atoms with Gasteiger partial charge < -0.3 is 15.0 Å². The quantitative estimate of drug-likeness (QED) is 0.350. The highest BCUT2D eigenvalue weighted by atomic mass is 16.6. The van der Waals surface area contributed by atoms with Crippen LogP contribution in [0, 0.1) is 0 Å². The fourth-order valence-corrected chi connectivity index (χ4v) is 4.61. The maximum atomic E-state index is 12.9. The van der Waals surface area contributed by atoms with E-state index < -0.39 is 11.7 Å². The molecule has 9 heteroatoms. The summed E-state index contributed by atoms with van der Waals surface area (Å²) in [5.74, 6) is 0.926. The fraction of sp³-hybridized carbons (Fsp3) is 0.433. The van der Waals surface area contributed by atoms with Crippen LogP contribution in [0.25, 0.3) is 11.3 Å². The van der Waals surface area contributed by atoms with Crippen molar-refractivity contribution in [1.82, 2.24) is 19.9 Å². The summed E-state index contributed by atoms with van der Waals surface area (Å²) in [5.41, 5.74) is 2.49. The zero-order chi connectivity index (χ0) is 28.3. The molecule has 0 saturated carbocycles. The number of piperidine rings is 1. The minimum Gasteiger partial charge on any atom is -0.444 e. The van der Waals surface area contributed by atoms with Crippen LogP contribution >= 0.6 is 0 Å². The number of nitrogens with one attached hydrogen (secondary N) is 2. The summed E-state index contributed by atoms with van der Waals surface area (Å²) in [6.45, 7) is 11.7. The van der Waals surface area contributed by atoms with Crippen molar-refractivity contribution in [3.8, 4) is 11.3 Å². The normalized spacial score (nSPS) is 15.8. The Morgan fingerprint density at radius 3 is 2.46 bits per heavy atom. The molecule has 0 unspecified atom stereocenters. The number of likely N-dealkylation sites (tertiary alicyclic amines) is 1. The molecule has 1 saturated heterocycles. The lowest BCUT2D eigenvalue weighted by Gasteiger charge is -2.35. The minimum absolute atomic E-state index is 0.165. The van der Waals surface area contributed by atoms with Crippen LogP contribution in [0.3, 0.4) is 0 Å². The number of hydrogen-bond donors (Lipinski definition) is 2. The van der Waals surface area contributed by atoms with E-state index in [0.717, 1.165) is 18.4 Å². The first-order valence-electron chi connectivity index (χ1n) is 13.4. The molecule has 0 aliphatic carbocycles. The molecule has 2 amide bonds. The summed E-state index contributed by atoms with van der Waals surface area (Å²) in [6.07, 6.45) is 3.83. The molecule has 2 N–H and O–H groups in total. The van der Waals surface area contributed by atoms with E-state index in [9.17, 15) is 14.4 Å². The van der Waals surface area contributed by atoms with Gasteiger partial charge in [0.05, 0.1) is 11.7 Å². The monoisotopic (exact) mass is 531 g/mol. The Hall–Kier alpha value is -4.01. The van der Waals surface area contributed by atoms with Gasteiger partial charge in [-0.05, 0) is 75.8 Å². The number of ketones is 1. The van der Waals surface area contributed by atoms with Crippen LogP contribution in [0.2, 0.25) is 0 Å². The van der Waals surface area contributed by atoms with Gasteiger partial charge in [0.25, 0.3) is 5.91 Å². The summed E-state index contributed by atoms with van der Waals surface area (Å²) >= 11 is 0. The van der Waals surface area contributed by atoms with Crippen molar-refractivity contribution in [3.05, 3.63) is 65.2 Å². The van der Waals surface area contributed by atoms with Gasteiger partial charge in [0.2, 0.25) is 0 Å². The van der Waals surface area contributed by atoms with Gasteiger partial charge in [0.15, 0.2) is 5.78 Å². The van der Waals surface area contributed by atoms with E-state index in [1.807, 2.05) is 32.9 Å². The summed E-state index contributed by atoms with van der Waals surface area (Å²) in [4.78, 5) is 52.2. The first-order valence-corrected chi connectivity index (χ1v) is 13.4. The van der Waals surface area contributed by atoms with Crippen molar-refractivity contribution in [2.24, 2.45) is 0 Å². The topological polar surface area (TPSA) is 117 Å². The second kappa shape index (κ2) is 11.4. The third-order valence-corrected chi connectivity index (χ3v) is 6.63. The van der Waals surface area contributed by atoms with E-state index in [1.165, 1.54) is 6.92 Å². The molecule has 39 heavy (non-hydrogen) atoms. The molecule has 206 valence electrons. The van der Waals surface area contributed by atoms with Crippen molar-refractivity contribution in [2.75, 3.05) is 11.9 Å². The molecule has 3 aromatic rings. The molecule has 0 radical (unpaired) electrons. The van der Waals surface area contributed by atoms with E-state index in [0.29, 0.717) is 53.0 Å². The average Bonchev–Trinajstić information content (AvgIpc) is 3.34. The van der Waals surface area contributed by atoms with Crippen molar-refractivity contribution in [3.63, 3.8) is 0 Å². The Morgan fingerprint density at radius 1 is 1.10 bits per heavy atom. The second-order valence-corrected chi connectivity index (χ2v) is 11.2. The molecule has 1 aromatic carbocycles. The molecule has 4 rings (SSSR count). The van der Waals surface area contributed by atoms with Crippen LogP contribution in [-0.2, 0) is 4.74 Å². The van der Waals surface area contributed by atoms with Crippen LogP contribution in [-0.4, -0.2) is 49.8 Å². The largest absolute Gasteiger partial charge is 0.444 e. The van der Waals surface area contributed by atoms with E-state index in [4.69, 9.17) is 9.72 Å². The van der Waals surface area contributed by atoms with Crippen molar-refractivity contribution in [1.29, 1.82) is 0 Å². The second-order valence-electron chi connectivity index (χ2n) is 11.2. The Labute approximate surface area is 229 Å². The maximum absolute atomic E-state index is 12.9. The molecule has 0 spiro atoms. The number of carbonyl (C=O) groups excluding carboxylic acids is 3. The highest BCUT2D eigenvalue weighted by Crippen LogP contribution is 2.33. The van der Waals surface area contributed by atoms with Gasteiger partial charge in [-0.3, -0.25) is 14.5 Å². The molecule has 9 nitrogen and oxygen atoms in total. The van der Waals surface area contributed by atoms with Gasteiger partial charge in [0.1, 0.15) is 22.9 Å². The number of anilines is 1. The zero-order valence-electron chi connectivity index (χ0n) is 23.5. The number of carbonyl (C=O) groups is 3. The fourth-order valence-electron chi connectivity index (χ4n) is 4.61. The summed E-state index contributed by atoms with van der Waals surface area (Å²) in [6, 6.07) is 10.4. The number of aromatic amines is 1. The van der Waals surface area contributed by atoms with E-state index in [2.05, 4.69) is 29.1 Å². The molecule has 1 aliphatic rings. The molecular formula is C30H37N5O4. The Bertz CT molecular complexity index is 1350. The van der Waals surface area contributed by atoms with Gasteiger partial charge in [-0.2, -0.15) is 0 Å². The lowest BCUT2D eigenvalue weighted by atomic mass is 10.0. The molecule has 3 heterocycles. The predicted molar refractivity (Wildman–Crippen MR) is 150 cm³/mol. The van der Waals surface area contributed by atoms with E-state index in [1.54, 1.807) is 35.4 Å². The van der Waals surface area contributed by atoms with Crippen LogP contribution in [0.15, 0.2) is 42.6 Å². The molecule has 1 fully saturated rings. The summed E-state index contributed by atoms with van der Waals surface area (Å²) in [5, 5.41) is 2.85. The van der Waals surface area contributed by atoms with Gasteiger partial charge in [-0.25, -0.2) is 14.8 Å². The molecule has 2 aromatic heterocycles. The van der Waals surface area contributed by atoms with Crippen LogP contribution in [0.5, 0.6) is 0 Å². The van der Waals surface area contributed by atoms with Crippen LogP contribution in [0.4, 0.5) is 10.6 Å². The number of rotatable bonds is 6. The number of amides is 2. The van der Waals surface area contributed by atoms with E-state index >= 15 is 0 Å². The number of Topliss-reactive ketones (excluding diaryl/α,β-unsaturated/α-hetero) is 1. The first-order chi connectivity index (χ1) is 18.4. The number of ether oxygens (including phenoxy) is 1. The Kier molecular flexibility index (Phi) is 8.18. The van der Waals surface area contributed by atoms with Crippen molar-refractivity contribution in [2.45, 2.75) is 78.4 Å². The van der Waals surface area contributed by atoms with Crippen molar-refractivity contribution >= 4 is 23.6 Å². The molecule has 0 bridgehead atoms. The standard InChI is InChI=1S/C30H37N5O4/c1-18(2)22-14-15-31-24(17-22)32-28(37)21-12-10-20(11-13-21)26-25(19(3)36)33-27(34-26)23-9-7-8-16-35(23)29(38)39-30(4,5)6/h10-15,17-18,23H,7-9,16H2,1-6H3,(H,33,34)(H,31,32,37)/t23-/m0/s1. The van der Waals surface area contributed by atoms with Gasteiger partial charge in [-0.1, -0.05) is 26.0 Å². The number of pyridine rings is 1. The number of aromatic nitrogens is 3. The highest BCUT2D eigenvalue weighted by molar-refractivity contribution is 6.04. The van der Waals surface area contributed by atoms with Crippen LogP contribution in [0.1, 0.15) is 105 Å². The maximum Gasteiger partial charge on any atom is 0.410 e. The summed E-state index contributed by atoms with van der Waals surface area (Å²) < 4.78 is 5.63. The van der Waals surface area contributed by atoms with Crippen LogP contribution < -0.4 is 5.32 Å². The van der Waals surface area contributed by atoms with Gasteiger partial charge >= 0.3 is 6.09 Å². The first kappa shape index (κ1) is 28.0. The van der Waals surface area contributed by atoms with Gasteiger partial charge in [-0.15, -0.1) is 0 Å². The number of nitrogens with zero attached hydrogens (tertiary/aromatic N) is 3. The molecule has 1 atom stereocenters. The average molecular weight is 532 g/mol. The number of benzene rings is 1. The van der Waals surface area contributed by atoms with Crippen molar-refractivity contribution < 1.29 is 19.1 Å². The number of H-pyrrole nitrogens is 1.